The highest BCUT2D eigenvalue weighted by atomic mass is 32.2. The quantitative estimate of drug-likeness (QED) is 0.826. The number of aromatic nitrogens is 1. The first-order valence-corrected chi connectivity index (χ1v) is 11.8. The van der Waals surface area contributed by atoms with Crippen molar-refractivity contribution in [3.8, 4) is 11.3 Å². The smallest absolute Gasteiger partial charge is 0.227 e. The SMILES string of the molecule is Cc1nc(-c2ccccc2)c(CC(=O)N2CCCC(NS(C)(=O)=O)CC2)s1. The Bertz CT molecular complexity index is 894. The van der Waals surface area contributed by atoms with Crippen molar-refractivity contribution in [1.82, 2.24) is 14.6 Å². The summed E-state index contributed by atoms with van der Waals surface area (Å²) in [5.74, 6) is 0.0795. The van der Waals surface area contributed by atoms with Crippen molar-refractivity contribution in [3.63, 3.8) is 0 Å². The van der Waals surface area contributed by atoms with Gasteiger partial charge in [-0.2, -0.15) is 0 Å². The number of likely N-dealkylation sites (tertiary alicyclic amines) is 1. The molecule has 1 N–H and O–H groups in total. The lowest BCUT2D eigenvalue weighted by Gasteiger charge is -2.20. The molecule has 1 aliphatic heterocycles. The first-order valence-electron chi connectivity index (χ1n) is 9.08. The summed E-state index contributed by atoms with van der Waals surface area (Å²) in [4.78, 5) is 20.3. The lowest BCUT2D eigenvalue weighted by molar-refractivity contribution is -0.130. The number of rotatable bonds is 5. The minimum absolute atomic E-state index is 0.0795. The Morgan fingerprint density at radius 3 is 2.70 bits per heavy atom. The van der Waals surface area contributed by atoms with Crippen LogP contribution in [-0.4, -0.2) is 49.6 Å². The van der Waals surface area contributed by atoms with Crippen molar-refractivity contribution in [2.75, 3.05) is 19.3 Å². The van der Waals surface area contributed by atoms with E-state index in [-0.39, 0.29) is 11.9 Å². The molecule has 0 saturated carbocycles. The van der Waals surface area contributed by atoms with Crippen molar-refractivity contribution < 1.29 is 13.2 Å². The number of carbonyl (C=O) groups is 1. The van der Waals surface area contributed by atoms with Gasteiger partial charge in [0.05, 0.1) is 23.4 Å². The van der Waals surface area contributed by atoms with E-state index >= 15 is 0 Å². The third kappa shape index (κ3) is 5.60. The number of carbonyl (C=O) groups excluding carboxylic acids is 1. The lowest BCUT2D eigenvalue weighted by atomic mass is 10.1. The predicted octanol–water partition coefficient (Wildman–Crippen LogP) is 2.59. The zero-order valence-electron chi connectivity index (χ0n) is 15.6. The van der Waals surface area contributed by atoms with Crippen molar-refractivity contribution in [2.24, 2.45) is 0 Å². The van der Waals surface area contributed by atoms with E-state index < -0.39 is 10.0 Å². The number of benzene rings is 1. The molecule has 27 heavy (non-hydrogen) atoms. The summed E-state index contributed by atoms with van der Waals surface area (Å²) in [5, 5.41) is 0.949. The van der Waals surface area contributed by atoms with Gasteiger partial charge in [-0.05, 0) is 26.2 Å². The second kappa shape index (κ2) is 8.50. The third-order valence-electron chi connectivity index (χ3n) is 4.62. The molecule has 146 valence electrons. The van der Waals surface area contributed by atoms with Crippen LogP contribution in [0.5, 0.6) is 0 Å². The fourth-order valence-corrected chi connectivity index (χ4v) is 5.22. The number of nitrogens with zero attached hydrogens (tertiary/aromatic N) is 2. The number of sulfonamides is 1. The van der Waals surface area contributed by atoms with Crippen LogP contribution < -0.4 is 4.72 Å². The van der Waals surface area contributed by atoms with E-state index in [2.05, 4.69) is 9.71 Å². The number of hydrogen-bond acceptors (Lipinski definition) is 5. The Kier molecular flexibility index (Phi) is 6.29. The zero-order valence-corrected chi connectivity index (χ0v) is 17.3. The third-order valence-corrected chi connectivity index (χ3v) is 6.36. The molecule has 2 aromatic rings. The molecule has 0 spiro atoms. The molecule has 1 saturated heterocycles. The maximum absolute atomic E-state index is 12.9. The molecule has 8 heteroatoms. The molecule has 1 fully saturated rings. The molecule has 1 aliphatic rings. The van der Waals surface area contributed by atoms with E-state index in [1.165, 1.54) is 6.26 Å². The Hall–Kier alpha value is -1.77. The molecule has 1 aromatic carbocycles. The second-order valence-electron chi connectivity index (χ2n) is 6.95. The standard InChI is InChI=1S/C19H25N3O3S2/c1-14-20-19(15-7-4-3-5-8-15)17(26-14)13-18(23)22-11-6-9-16(10-12-22)21-27(2,24)25/h3-5,7-8,16,21H,6,9-13H2,1-2H3. The summed E-state index contributed by atoms with van der Waals surface area (Å²) in [6, 6.07) is 9.83. The van der Waals surface area contributed by atoms with Crippen LogP contribution in [0.3, 0.4) is 0 Å². The van der Waals surface area contributed by atoms with Crippen LogP contribution in [-0.2, 0) is 21.2 Å². The van der Waals surface area contributed by atoms with Crippen LogP contribution in [0.2, 0.25) is 0 Å². The average molecular weight is 408 g/mol. The number of thiazole rings is 1. The van der Waals surface area contributed by atoms with Crippen molar-refractivity contribution in [3.05, 3.63) is 40.2 Å². The number of aryl methyl sites for hydroxylation is 1. The highest BCUT2D eigenvalue weighted by molar-refractivity contribution is 7.88. The fraction of sp³-hybridized carbons (Fsp3) is 0.474. The molecular formula is C19H25N3O3S2. The number of nitrogens with one attached hydrogen (secondary N) is 1. The summed E-state index contributed by atoms with van der Waals surface area (Å²) >= 11 is 1.56. The van der Waals surface area contributed by atoms with Gasteiger partial charge in [-0.25, -0.2) is 18.1 Å². The molecule has 1 unspecified atom stereocenters. The number of hydrogen-bond donors (Lipinski definition) is 1. The minimum atomic E-state index is -3.22. The van der Waals surface area contributed by atoms with Crippen molar-refractivity contribution >= 4 is 27.3 Å². The first-order chi connectivity index (χ1) is 12.8. The summed E-state index contributed by atoms with van der Waals surface area (Å²) in [5.41, 5.74) is 1.91. The van der Waals surface area contributed by atoms with Crippen LogP contribution in [0, 0.1) is 6.92 Å². The molecule has 6 nitrogen and oxygen atoms in total. The normalized spacial score (nSPS) is 18.3. The maximum atomic E-state index is 12.9. The minimum Gasteiger partial charge on any atom is -0.342 e. The maximum Gasteiger partial charge on any atom is 0.227 e. The Balaban J connectivity index is 1.68. The lowest BCUT2D eigenvalue weighted by Crippen LogP contribution is -2.36. The van der Waals surface area contributed by atoms with Gasteiger partial charge in [0.25, 0.3) is 0 Å². The Morgan fingerprint density at radius 2 is 2.00 bits per heavy atom. The summed E-state index contributed by atoms with van der Waals surface area (Å²) in [6.07, 6.45) is 3.71. The van der Waals surface area contributed by atoms with Gasteiger partial charge in [-0.15, -0.1) is 11.3 Å². The van der Waals surface area contributed by atoms with E-state index in [4.69, 9.17) is 0 Å². The van der Waals surface area contributed by atoms with Crippen LogP contribution in [0.4, 0.5) is 0 Å². The number of amides is 1. The van der Waals surface area contributed by atoms with Crippen LogP contribution in [0.15, 0.2) is 30.3 Å². The van der Waals surface area contributed by atoms with Crippen LogP contribution in [0.1, 0.15) is 29.1 Å². The highest BCUT2D eigenvalue weighted by Gasteiger charge is 2.24. The molecule has 0 bridgehead atoms. The van der Waals surface area contributed by atoms with E-state index in [9.17, 15) is 13.2 Å². The first kappa shape index (κ1) is 20.0. The monoisotopic (exact) mass is 407 g/mol. The van der Waals surface area contributed by atoms with Gasteiger partial charge in [0.2, 0.25) is 15.9 Å². The average Bonchev–Trinajstić information content (AvgIpc) is 2.82. The zero-order chi connectivity index (χ0) is 19.4. The van der Waals surface area contributed by atoms with Crippen molar-refractivity contribution in [1.29, 1.82) is 0 Å². The molecule has 3 rings (SSSR count). The van der Waals surface area contributed by atoms with E-state index in [1.54, 1.807) is 11.3 Å². The molecular weight excluding hydrogens is 382 g/mol. The summed E-state index contributed by atoms with van der Waals surface area (Å²) in [6.45, 7) is 3.20. The highest BCUT2D eigenvalue weighted by Crippen LogP contribution is 2.29. The van der Waals surface area contributed by atoms with E-state index in [0.717, 1.165) is 34.0 Å². The van der Waals surface area contributed by atoms with E-state index in [0.29, 0.717) is 25.9 Å². The molecule has 1 aromatic heterocycles. The van der Waals surface area contributed by atoms with Crippen LogP contribution in [0.25, 0.3) is 11.3 Å². The molecule has 2 heterocycles. The Labute approximate surface area is 164 Å². The van der Waals surface area contributed by atoms with Gasteiger partial charge >= 0.3 is 0 Å². The van der Waals surface area contributed by atoms with Gasteiger partial charge in [-0.3, -0.25) is 4.79 Å². The summed E-state index contributed by atoms with van der Waals surface area (Å²) < 4.78 is 25.6. The van der Waals surface area contributed by atoms with Gasteiger partial charge in [0, 0.05) is 29.6 Å². The Morgan fingerprint density at radius 1 is 1.26 bits per heavy atom. The summed E-state index contributed by atoms with van der Waals surface area (Å²) in [7, 11) is -3.22. The molecule has 0 radical (unpaired) electrons. The molecule has 1 atom stereocenters. The van der Waals surface area contributed by atoms with Crippen molar-refractivity contribution in [2.45, 2.75) is 38.6 Å². The largest absolute Gasteiger partial charge is 0.342 e. The fourth-order valence-electron chi connectivity index (χ4n) is 3.43. The van der Waals surface area contributed by atoms with Gasteiger partial charge < -0.3 is 4.90 Å². The topological polar surface area (TPSA) is 79.4 Å². The van der Waals surface area contributed by atoms with Gasteiger partial charge in [0.1, 0.15) is 0 Å². The van der Waals surface area contributed by atoms with E-state index in [1.807, 2.05) is 42.2 Å². The molecule has 1 amide bonds. The predicted molar refractivity (Wildman–Crippen MR) is 108 cm³/mol. The second-order valence-corrected chi connectivity index (χ2v) is 10.0. The molecule has 0 aliphatic carbocycles. The van der Waals surface area contributed by atoms with Gasteiger partial charge in [0.15, 0.2) is 0 Å². The van der Waals surface area contributed by atoms with Crippen LogP contribution >= 0.6 is 11.3 Å². The van der Waals surface area contributed by atoms with Gasteiger partial charge in [-0.1, -0.05) is 30.3 Å².